The molecule has 0 bridgehead atoms. The van der Waals surface area contributed by atoms with Crippen molar-refractivity contribution in [3.8, 4) is 0 Å². The number of hydrogen-bond acceptors (Lipinski definition) is 2. The topological polar surface area (TPSA) is 60.9 Å². The Labute approximate surface area is 124 Å². The lowest BCUT2D eigenvalue weighted by Gasteiger charge is -1.96. The van der Waals surface area contributed by atoms with Gasteiger partial charge in [0, 0.05) is 10.9 Å². The molecular formula is C16H10F2N3O. The molecule has 0 saturated carbocycles. The summed E-state index contributed by atoms with van der Waals surface area (Å²) in [4.78, 5) is 11.4. The Bertz CT molecular complexity index is 900. The van der Waals surface area contributed by atoms with E-state index in [9.17, 15) is 13.6 Å². The molecule has 4 nitrogen and oxygen atoms in total. The van der Waals surface area contributed by atoms with Crippen LogP contribution < -0.4 is 5.73 Å². The van der Waals surface area contributed by atoms with Gasteiger partial charge in [-0.3, -0.25) is 0 Å². The van der Waals surface area contributed by atoms with Gasteiger partial charge in [-0.25, -0.2) is 13.6 Å². The van der Waals surface area contributed by atoms with Crippen LogP contribution in [0.15, 0.2) is 36.4 Å². The molecule has 3 rings (SSSR count). The highest BCUT2D eigenvalue weighted by atomic mass is 19.1. The Kier molecular flexibility index (Phi) is 3.42. The molecule has 1 aromatic heterocycles. The molecule has 2 N–H and O–H groups in total. The van der Waals surface area contributed by atoms with E-state index in [-0.39, 0.29) is 5.52 Å². The minimum Gasteiger partial charge on any atom is -0.350 e. The normalized spacial score (nSPS) is 11.4. The fourth-order valence-corrected chi connectivity index (χ4v) is 2.15. The molecule has 0 aliphatic rings. The van der Waals surface area contributed by atoms with Gasteiger partial charge < -0.3 is 5.73 Å². The summed E-state index contributed by atoms with van der Waals surface area (Å²) in [7, 11) is 0. The van der Waals surface area contributed by atoms with Crippen LogP contribution >= 0.6 is 0 Å². The van der Waals surface area contributed by atoms with Crippen molar-refractivity contribution in [2.24, 2.45) is 5.73 Å². The molecule has 1 heterocycles. The average Bonchev–Trinajstić information content (AvgIpc) is 2.87. The Hall–Kier alpha value is -3.02. The van der Waals surface area contributed by atoms with Gasteiger partial charge in [0.2, 0.25) is 0 Å². The molecule has 0 saturated heterocycles. The first-order valence-corrected chi connectivity index (χ1v) is 6.38. The number of primary amides is 1. The van der Waals surface area contributed by atoms with Crippen LogP contribution in [0.5, 0.6) is 0 Å². The zero-order chi connectivity index (χ0) is 15.7. The summed E-state index contributed by atoms with van der Waals surface area (Å²) in [5.74, 6) is -1.05. The summed E-state index contributed by atoms with van der Waals surface area (Å²) in [6.45, 7) is 0. The number of aromatic nitrogens is 2. The number of fused-ring (bicyclic) bond motifs is 1. The molecule has 22 heavy (non-hydrogen) atoms. The highest BCUT2D eigenvalue weighted by molar-refractivity contribution is 5.95. The molecule has 0 aliphatic carbocycles. The molecule has 0 spiro atoms. The summed E-state index contributed by atoms with van der Waals surface area (Å²) in [5.41, 5.74) is 5.82. The zero-order valence-corrected chi connectivity index (χ0v) is 11.3. The summed E-state index contributed by atoms with van der Waals surface area (Å²) >= 11 is 0. The van der Waals surface area contributed by atoms with Gasteiger partial charge in [-0.15, -0.1) is 0 Å². The minimum atomic E-state index is -0.902. The van der Waals surface area contributed by atoms with E-state index in [1.165, 1.54) is 24.3 Å². The molecule has 0 unspecified atom stereocenters. The Balaban J connectivity index is 2.14. The third-order valence-electron chi connectivity index (χ3n) is 3.15. The Morgan fingerprint density at radius 1 is 1.18 bits per heavy atom. The van der Waals surface area contributed by atoms with E-state index in [1.54, 1.807) is 18.2 Å². The van der Waals surface area contributed by atoms with Crippen molar-refractivity contribution in [3.63, 3.8) is 0 Å². The van der Waals surface area contributed by atoms with Gasteiger partial charge in [-0.05, 0) is 36.4 Å². The second-order valence-corrected chi connectivity index (χ2v) is 4.56. The predicted octanol–water partition coefficient (Wildman–Crippen LogP) is 3.21. The summed E-state index contributed by atoms with van der Waals surface area (Å²) in [5, 5.41) is 4.33. The third kappa shape index (κ3) is 2.35. The van der Waals surface area contributed by atoms with Crippen molar-refractivity contribution in [3.05, 3.63) is 65.4 Å². The zero-order valence-electron chi connectivity index (χ0n) is 11.3. The quantitative estimate of drug-likeness (QED) is 0.789. The Morgan fingerprint density at radius 3 is 2.68 bits per heavy atom. The lowest BCUT2D eigenvalue weighted by molar-refractivity contribution is 0.248. The number of benzene rings is 2. The molecule has 1 radical (unpaired) electrons. The number of hydrogen-bond donors (Lipinski definition) is 1. The third-order valence-corrected chi connectivity index (χ3v) is 3.15. The van der Waals surface area contributed by atoms with Crippen LogP contribution in [0.4, 0.5) is 13.6 Å². The van der Waals surface area contributed by atoms with Crippen LogP contribution in [0.1, 0.15) is 11.3 Å². The van der Waals surface area contributed by atoms with E-state index in [0.717, 1.165) is 10.7 Å². The second kappa shape index (κ2) is 5.40. The van der Waals surface area contributed by atoms with Gasteiger partial charge in [0.1, 0.15) is 17.2 Å². The van der Waals surface area contributed by atoms with Crippen LogP contribution in [0.3, 0.4) is 0 Å². The number of nitrogens with two attached hydrogens (primary N) is 1. The van der Waals surface area contributed by atoms with E-state index in [0.29, 0.717) is 16.6 Å². The van der Waals surface area contributed by atoms with E-state index >= 15 is 0 Å². The van der Waals surface area contributed by atoms with Crippen molar-refractivity contribution in [1.82, 2.24) is 9.78 Å². The van der Waals surface area contributed by atoms with E-state index in [1.807, 2.05) is 0 Å². The van der Waals surface area contributed by atoms with Gasteiger partial charge in [0.05, 0.1) is 5.69 Å². The first-order chi connectivity index (χ1) is 10.6. The number of carbonyl (C=O) groups is 1. The molecule has 6 heteroatoms. The second-order valence-electron chi connectivity index (χ2n) is 4.56. The fourth-order valence-electron chi connectivity index (χ4n) is 2.15. The van der Waals surface area contributed by atoms with E-state index in [4.69, 9.17) is 5.73 Å². The van der Waals surface area contributed by atoms with Crippen molar-refractivity contribution in [2.45, 2.75) is 0 Å². The smallest absolute Gasteiger partial charge is 0.340 e. The largest absolute Gasteiger partial charge is 0.350 e. The van der Waals surface area contributed by atoms with Crippen LogP contribution in [0.2, 0.25) is 0 Å². The average molecular weight is 298 g/mol. The first-order valence-electron chi connectivity index (χ1n) is 6.38. The van der Waals surface area contributed by atoms with Crippen molar-refractivity contribution >= 4 is 29.1 Å². The summed E-state index contributed by atoms with van der Waals surface area (Å²) < 4.78 is 28.2. The number of carbonyl (C=O) groups excluding carboxylic acids is 1. The molecule has 3 aromatic rings. The molecule has 1 amide bonds. The van der Waals surface area contributed by atoms with Crippen LogP contribution in [0.25, 0.3) is 23.1 Å². The minimum absolute atomic E-state index is 0.0283. The monoisotopic (exact) mass is 298 g/mol. The van der Waals surface area contributed by atoms with E-state index in [2.05, 4.69) is 11.2 Å². The van der Waals surface area contributed by atoms with Gasteiger partial charge >= 0.3 is 6.03 Å². The van der Waals surface area contributed by atoms with Crippen LogP contribution in [-0.4, -0.2) is 15.8 Å². The van der Waals surface area contributed by atoms with Crippen molar-refractivity contribution in [1.29, 1.82) is 0 Å². The summed E-state index contributed by atoms with van der Waals surface area (Å²) in [6, 6.07) is 10.5. The van der Waals surface area contributed by atoms with Crippen LogP contribution in [-0.2, 0) is 0 Å². The van der Waals surface area contributed by atoms with Gasteiger partial charge in [-0.2, -0.15) is 9.78 Å². The molecule has 109 valence electrons. The number of halogens is 2. The molecule has 0 fully saturated rings. The molecule has 2 aromatic carbocycles. The SMILES string of the molecule is NC(=O)n1nc(C=Cc2ccccc2F)c2c[c]cc(F)c21. The molecule has 0 aliphatic heterocycles. The number of amides is 1. The lowest BCUT2D eigenvalue weighted by atomic mass is 10.1. The van der Waals surface area contributed by atoms with Crippen molar-refractivity contribution < 1.29 is 13.6 Å². The maximum atomic E-state index is 13.9. The molecule has 0 atom stereocenters. The summed E-state index contributed by atoms with van der Waals surface area (Å²) in [6.07, 6.45) is 2.99. The number of rotatable bonds is 2. The van der Waals surface area contributed by atoms with Gasteiger partial charge in [0.15, 0.2) is 0 Å². The molecular weight excluding hydrogens is 288 g/mol. The lowest BCUT2D eigenvalue weighted by Crippen LogP contribution is -2.21. The highest BCUT2D eigenvalue weighted by Gasteiger charge is 2.15. The van der Waals surface area contributed by atoms with Crippen LogP contribution in [0, 0.1) is 17.7 Å². The number of nitrogens with zero attached hydrogens (tertiary/aromatic N) is 2. The maximum Gasteiger partial charge on any atom is 0.340 e. The Morgan fingerprint density at radius 2 is 1.95 bits per heavy atom. The van der Waals surface area contributed by atoms with Gasteiger partial charge in [-0.1, -0.05) is 18.2 Å². The van der Waals surface area contributed by atoms with E-state index < -0.39 is 17.7 Å². The van der Waals surface area contributed by atoms with Gasteiger partial charge in [0.25, 0.3) is 0 Å². The first kappa shape index (κ1) is 13.9. The fraction of sp³-hybridized carbons (Fsp3) is 0. The predicted molar refractivity (Wildman–Crippen MR) is 78.8 cm³/mol. The highest BCUT2D eigenvalue weighted by Crippen LogP contribution is 2.23. The van der Waals surface area contributed by atoms with Crippen molar-refractivity contribution in [2.75, 3.05) is 0 Å². The standard InChI is InChI=1S/C16H10F2N3O/c17-12-6-2-1-4-10(12)8-9-14-11-5-3-7-13(18)15(11)21(20-14)16(19)22/h1-2,4-9H,(H2,19,22). The maximum absolute atomic E-state index is 13.9.